The lowest BCUT2D eigenvalue weighted by Crippen LogP contribution is -2.52. The molecule has 2 aliphatic heterocycles. The molecule has 3 aromatic carbocycles. The molecule has 1 saturated heterocycles. The van der Waals surface area contributed by atoms with E-state index in [1.807, 2.05) is 73.7 Å². The fraction of sp³-hybridized carbons (Fsp3) is 0.345. The van der Waals surface area contributed by atoms with Gasteiger partial charge in [0.15, 0.2) is 0 Å². The predicted molar refractivity (Wildman–Crippen MR) is 136 cm³/mol. The van der Waals surface area contributed by atoms with Crippen molar-refractivity contribution >= 4 is 11.6 Å². The molecule has 0 aromatic heterocycles. The van der Waals surface area contributed by atoms with Gasteiger partial charge in [-0.25, -0.2) is 10.0 Å². The van der Waals surface area contributed by atoms with Gasteiger partial charge in [-0.3, -0.25) is 4.79 Å². The minimum atomic E-state index is -0.853. The van der Waals surface area contributed by atoms with E-state index >= 15 is 0 Å². The number of carbonyl (C=O) groups excluding carboxylic acids is 1. The highest BCUT2D eigenvalue weighted by molar-refractivity contribution is 6.09. The van der Waals surface area contributed by atoms with Gasteiger partial charge in [0, 0.05) is 33.4 Å². The van der Waals surface area contributed by atoms with Crippen LogP contribution in [0.3, 0.4) is 0 Å². The number of fused-ring (bicyclic) bond motifs is 1. The fourth-order valence-corrected chi connectivity index (χ4v) is 5.90. The lowest BCUT2D eigenvalue weighted by Gasteiger charge is -2.49. The summed E-state index contributed by atoms with van der Waals surface area (Å²) < 4.78 is -0.227. The van der Waals surface area contributed by atoms with Crippen LogP contribution in [0.5, 0.6) is 0 Å². The van der Waals surface area contributed by atoms with Gasteiger partial charge in [0.1, 0.15) is 5.41 Å². The van der Waals surface area contributed by atoms with E-state index in [0.29, 0.717) is 32.0 Å². The number of hydroxylamine groups is 3. The molecule has 0 bridgehead atoms. The first-order chi connectivity index (χ1) is 16.4. The molecule has 0 N–H and O–H groups in total. The number of hydrogen-bond acceptors (Lipinski definition) is 3. The molecule has 3 aromatic rings. The minimum Gasteiger partial charge on any atom is -0.633 e. The number of hydrogen-bond donors (Lipinski definition) is 0. The van der Waals surface area contributed by atoms with Crippen LogP contribution >= 0.6 is 0 Å². The Morgan fingerprint density at radius 3 is 2.15 bits per heavy atom. The molecular weight excluding hydrogens is 422 g/mol. The van der Waals surface area contributed by atoms with Crippen LogP contribution < -0.4 is 5.01 Å². The number of amides is 1. The maximum Gasteiger partial charge on any atom is 0.256 e. The van der Waals surface area contributed by atoms with E-state index in [4.69, 9.17) is 0 Å². The van der Waals surface area contributed by atoms with E-state index in [1.165, 1.54) is 5.56 Å². The second-order valence-corrected chi connectivity index (χ2v) is 9.92. The number of rotatable bonds is 6. The number of piperidine rings is 1. The summed E-state index contributed by atoms with van der Waals surface area (Å²) in [4.78, 5) is 14.1. The van der Waals surface area contributed by atoms with Gasteiger partial charge in [0.2, 0.25) is 0 Å². The molecule has 1 amide bonds. The van der Waals surface area contributed by atoms with E-state index in [9.17, 15) is 10.0 Å². The second-order valence-electron chi connectivity index (χ2n) is 9.92. The zero-order chi connectivity index (χ0) is 23.8. The molecule has 176 valence electrons. The summed E-state index contributed by atoms with van der Waals surface area (Å²) in [7, 11) is 3.79. The number of para-hydroxylation sites is 1. The first-order valence-electron chi connectivity index (χ1n) is 12.2. The molecule has 1 fully saturated rings. The Bertz CT molecular complexity index is 1140. The van der Waals surface area contributed by atoms with Crippen LogP contribution in [-0.2, 0) is 10.2 Å². The Labute approximate surface area is 202 Å². The van der Waals surface area contributed by atoms with E-state index < -0.39 is 5.41 Å². The molecule has 0 aliphatic carbocycles. The monoisotopic (exact) mass is 455 g/mol. The highest BCUT2D eigenvalue weighted by Gasteiger charge is 2.53. The average molecular weight is 456 g/mol. The van der Waals surface area contributed by atoms with E-state index in [0.717, 1.165) is 29.7 Å². The summed E-state index contributed by atoms with van der Waals surface area (Å²) in [5.41, 5.74) is 3.33. The van der Waals surface area contributed by atoms with Gasteiger partial charge < -0.3 is 9.85 Å². The van der Waals surface area contributed by atoms with E-state index in [1.54, 1.807) is 5.01 Å². The summed E-state index contributed by atoms with van der Waals surface area (Å²) in [6, 6.07) is 28.6. The van der Waals surface area contributed by atoms with Crippen molar-refractivity contribution in [3.8, 4) is 0 Å². The number of quaternary nitrogens is 1. The molecule has 0 spiro atoms. The largest absolute Gasteiger partial charge is 0.633 e. The second kappa shape index (κ2) is 8.99. The highest BCUT2D eigenvalue weighted by atomic mass is 16.5. The van der Waals surface area contributed by atoms with E-state index in [-0.39, 0.29) is 10.6 Å². The first-order valence-corrected chi connectivity index (χ1v) is 12.2. The minimum absolute atomic E-state index is 0.0238. The SMILES string of the molecule is CN(C)N1C(=O)C(CC[N+]2([O-])CCC(c3ccccc3)CC2)(c2ccccc2)c2ccccc21. The van der Waals surface area contributed by atoms with Gasteiger partial charge in [0.25, 0.3) is 5.91 Å². The number of benzene rings is 3. The molecule has 1 unspecified atom stereocenters. The van der Waals surface area contributed by atoms with Crippen molar-refractivity contribution in [1.82, 2.24) is 5.01 Å². The molecule has 5 heteroatoms. The zero-order valence-corrected chi connectivity index (χ0v) is 20.1. The Morgan fingerprint density at radius 2 is 1.50 bits per heavy atom. The van der Waals surface area contributed by atoms with Crippen molar-refractivity contribution in [3.05, 3.63) is 107 Å². The Kier molecular flexibility index (Phi) is 6.02. The lowest BCUT2D eigenvalue weighted by molar-refractivity contribution is -0.886. The molecule has 5 nitrogen and oxygen atoms in total. The number of nitrogens with zero attached hydrogens (tertiary/aromatic N) is 3. The number of carbonyl (C=O) groups is 1. The Hall–Kier alpha value is -2.99. The van der Waals surface area contributed by atoms with Crippen LogP contribution in [0, 0.1) is 5.21 Å². The average Bonchev–Trinajstić information content (AvgIpc) is 3.13. The maximum atomic E-state index is 14.1. The smallest absolute Gasteiger partial charge is 0.256 e. The molecule has 5 rings (SSSR count). The number of anilines is 1. The van der Waals surface area contributed by atoms with Gasteiger partial charge in [-0.1, -0.05) is 78.9 Å². The van der Waals surface area contributed by atoms with Crippen molar-refractivity contribution in [2.75, 3.05) is 38.7 Å². The van der Waals surface area contributed by atoms with Gasteiger partial charge in [-0.2, -0.15) is 0 Å². The topological polar surface area (TPSA) is 46.6 Å². The number of likely N-dealkylation sites (tertiary alicyclic amines) is 1. The Morgan fingerprint density at radius 1 is 0.912 bits per heavy atom. The summed E-state index contributed by atoms with van der Waals surface area (Å²) in [6.07, 6.45) is 2.27. The third kappa shape index (κ3) is 3.84. The van der Waals surface area contributed by atoms with Crippen LogP contribution in [0.4, 0.5) is 5.69 Å². The van der Waals surface area contributed by atoms with Crippen LogP contribution in [0.2, 0.25) is 0 Å². The molecule has 0 saturated carbocycles. The van der Waals surface area contributed by atoms with Crippen LogP contribution in [0.25, 0.3) is 0 Å². The fourth-order valence-electron chi connectivity index (χ4n) is 5.90. The summed E-state index contributed by atoms with van der Waals surface area (Å²) in [6.45, 7) is 1.62. The summed E-state index contributed by atoms with van der Waals surface area (Å²) >= 11 is 0. The van der Waals surface area contributed by atoms with Gasteiger partial charge in [-0.15, -0.1) is 0 Å². The van der Waals surface area contributed by atoms with Crippen molar-refractivity contribution in [3.63, 3.8) is 0 Å². The first kappa shape index (κ1) is 22.8. The molecule has 1 atom stereocenters. The molecule has 0 radical (unpaired) electrons. The maximum absolute atomic E-state index is 14.1. The summed E-state index contributed by atoms with van der Waals surface area (Å²) in [5, 5.41) is 17.5. The molecule has 34 heavy (non-hydrogen) atoms. The predicted octanol–water partition coefficient (Wildman–Crippen LogP) is 5.08. The van der Waals surface area contributed by atoms with Gasteiger partial charge in [0.05, 0.1) is 25.3 Å². The van der Waals surface area contributed by atoms with Crippen LogP contribution in [0.15, 0.2) is 84.9 Å². The standard InChI is InChI=1S/C29H33N3O2/c1-30(2)31-27-16-10-9-15-26(27)29(28(31)33,25-13-7-4-8-14-25)19-22-32(34)20-17-24(18-21-32)23-11-5-3-6-12-23/h3-16,24H,17-22H2,1-2H3. The van der Waals surface area contributed by atoms with Crippen LogP contribution in [-0.4, -0.2) is 49.3 Å². The van der Waals surface area contributed by atoms with Gasteiger partial charge in [-0.05, 0) is 28.7 Å². The highest BCUT2D eigenvalue weighted by Crippen LogP contribution is 2.49. The van der Waals surface area contributed by atoms with Crippen molar-refractivity contribution < 1.29 is 9.44 Å². The third-order valence-electron chi connectivity index (χ3n) is 7.75. The summed E-state index contributed by atoms with van der Waals surface area (Å²) in [5.74, 6) is 0.471. The van der Waals surface area contributed by atoms with Crippen molar-refractivity contribution in [2.24, 2.45) is 0 Å². The zero-order valence-electron chi connectivity index (χ0n) is 20.1. The van der Waals surface area contributed by atoms with E-state index in [2.05, 4.69) is 30.3 Å². The van der Waals surface area contributed by atoms with Gasteiger partial charge >= 0.3 is 0 Å². The quantitative estimate of drug-likeness (QED) is 0.385. The Balaban J connectivity index is 1.45. The normalized spacial score (nSPS) is 26.6. The third-order valence-corrected chi connectivity index (χ3v) is 7.75. The van der Waals surface area contributed by atoms with Crippen LogP contribution in [0.1, 0.15) is 41.9 Å². The van der Waals surface area contributed by atoms with Crippen molar-refractivity contribution in [2.45, 2.75) is 30.6 Å². The molecule has 2 heterocycles. The van der Waals surface area contributed by atoms with Crippen molar-refractivity contribution in [1.29, 1.82) is 0 Å². The number of hydrazine groups is 1. The molecule has 2 aliphatic rings. The lowest BCUT2D eigenvalue weighted by atomic mass is 9.72. The molecular formula is C29H33N3O2.